The third-order valence-electron chi connectivity index (χ3n) is 11.1. The standard InChI is InChI=1S/C43H49F3N8O5S.ClH/c1-25(2)33-19-32(54-41(60)53(40(58)42(54,5)6)31-11-10-28(21-47)34(20-31)43(44,45)46)12-14-36(33)59-17-16-51-22-26(3)52(27(4)23-51)24-38(56)49-30-9-7-8-29(18-30)48-35-13-15-37(55)50-39(35)57;/h7-12,14,18-20,25-27,35,48H,13,15-17,22-24H2,1-6H3,(H,49,56)(H,50,55,57);1H/t26-,27+,35?;. The number of piperidine rings is 1. The number of alkyl halides is 3. The van der Waals surface area contributed by atoms with Crippen molar-refractivity contribution in [2.45, 2.75) is 90.1 Å². The van der Waals surface area contributed by atoms with E-state index in [1.165, 1.54) is 6.07 Å². The number of nitrogens with one attached hydrogen (secondary N) is 3. The lowest BCUT2D eigenvalue weighted by molar-refractivity contribution is -0.138. The molecule has 61 heavy (non-hydrogen) atoms. The van der Waals surface area contributed by atoms with Crippen LogP contribution in [0.4, 0.5) is 35.9 Å². The SMILES string of the molecule is CC(C)c1cc(N2C(=S)N(c3ccc(C#N)c(C(F)(F)F)c3)C(=O)C2(C)C)ccc1OCCN1C[C@@H](C)N(CC(=O)Nc2cccc(NC3CCC(=O)NC3=O)c2)[C@@H](C)C1.Cl. The predicted molar refractivity (Wildman–Crippen MR) is 233 cm³/mol. The van der Waals surface area contributed by atoms with Gasteiger partial charge >= 0.3 is 6.18 Å². The fourth-order valence-corrected chi connectivity index (χ4v) is 8.57. The highest BCUT2D eigenvalue weighted by Gasteiger charge is 2.51. The van der Waals surface area contributed by atoms with E-state index >= 15 is 0 Å². The van der Waals surface area contributed by atoms with Crippen LogP contribution < -0.4 is 30.5 Å². The topological polar surface area (TPSA) is 150 Å². The van der Waals surface area contributed by atoms with Crippen molar-refractivity contribution in [2.24, 2.45) is 0 Å². The van der Waals surface area contributed by atoms with Crippen molar-refractivity contribution in [1.82, 2.24) is 15.1 Å². The molecule has 3 aromatic rings. The highest BCUT2D eigenvalue weighted by Crippen LogP contribution is 2.41. The number of thiocarbonyl (C=S) groups is 1. The van der Waals surface area contributed by atoms with Gasteiger partial charge in [0.05, 0.1) is 29.4 Å². The average Bonchev–Trinajstić information content (AvgIpc) is 3.35. The van der Waals surface area contributed by atoms with Gasteiger partial charge in [0, 0.05) is 55.2 Å². The molecule has 1 unspecified atom stereocenters. The predicted octanol–water partition coefficient (Wildman–Crippen LogP) is 6.67. The van der Waals surface area contributed by atoms with Crippen LogP contribution in [0.15, 0.2) is 60.7 Å². The lowest BCUT2D eigenvalue weighted by Crippen LogP contribution is -2.58. The van der Waals surface area contributed by atoms with Crippen LogP contribution in [0.2, 0.25) is 0 Å². The maximum atomic E-state index is 13.8. The minimum Gasteiger partial charge on any atom is -0.492 e. The Morgan fingerprint density at radius 3 is 2.33 bits per heavy atom. The first-order valence-corrected chi connectivity index (χ1v) is 20.2. The van der Waals surface area contributed by atoms with E-state index in [1.54, 1.807) is 55.1 Å². The van der Waals surface area contributed by atoms with Crippen molar-refractivity contribution in [2.75, 3.05) is 53.2 Å². The Hall–Kier alpha value is -5.28. The van der Waals surface area contributed by atoms with E-state index in [0.29, 0.717) is 42.4 Å². The van der Waals surface area contributed by atoms with Crippen LogP contribution in [0.5, 0.6) is 5.75 Å². The molecule has 3 aliphatic rings. The molecule has 3 fully saturated rings. The van der Waals surface area contributed by atoms with Gasteiger partial charge in [0.1, 0.15) is 23.9 Å². The molecule has 0 aromatic heterocycles. The third kappa shape index (κ3) is 10.3. The Bertz CT molecular complexity index is 2220. The van der Waals surface area contributed by atoms with E-state index in [1.807, 2.05) is 26.0 Å². The molecule has 0 radical (unpaired) electrons. The number of imide groups is 1. The molecular formula is C43H50ClF3N8O5S. The number of carbonyl (C=O) groups is 4. The second kappa shape index (κ2) is 18.8. The average molecular weight is 883 g/mol. The first kappa shape index (κ1) is 46.8. The molecular weight excluding hydrogens is 833 g/mol. The Kier molecular flexibility index (Phi) is 14.4. The zero-order valence-electron chi connectivity index (χ0n) is 34.8. The van der Waals surface area contributed by atoms with Crippen molar-refractivity contribution in [1.29, 1.82) is 5.26 Å². The normalized spacial score (nSPS) is 20.9. The molecule has 3 atom stereocenters. The van der Waals surface area contributed by atoms with Crippen molar-refractivity contribution in [3.63, 3.8) is 0 Å². The molecule has 13 nitrogen and oxygen atoms in total. The van der Waals surface area contributed by atoms with Gasteiger partial charge in [-0.1, -0.05) is 19.9 Å². The minimum atomic E-state index is -4.80. The van der Waals surface area contributed by atoms with Gasteiger partial charge in [-0.05, 0) is 112 Å². The number of carbonyl (C=O) groups excluding carboxylic acids is 4. The van der Waals surface area contributed by atoms with E-state index in [4.69, 9.17) is 17.0 Å². The van der Waals surface area contributed by atoms with Gasteiger partial charge in [-0.3, -0.25) is 39.2 Å². The summed E-state index contributed by atoms with van der Waals surface area (Å²) in [5.74, 6) is -0.648. The fourth-order valence-electron chi connectivity index (χ4n) is 8.05. The maximum Gasteiger partial charge on any atom is 0.417 e. The summed E-state index contributed by atoms with van der Waals surface area (Å²) < 4.78 is 47.8. The second-order valence-electron chi connectivity index (χ2n) is 16.3. The largest absolute Gasteiger partial charge is 0.492 e. The van der Waals surface area contributed by atoms with E-state index < -0.39 is 34.8 Å². The van der Waals surface area contributed by atoms with E-state index in [9.17, 15) is 37.6 Å². The van der Waals surface area contributed by atoms with Crippen LogP contribution in [0.25, 0.3) is 0 Å². The summed E-state index contributed by atoms with van der Waals surface area (Å²) in [6.45, 7) is 14.2. The number of anilines is 4. The summed E-state index contributed by atoms with van der Waals surface area (Å²) in [6.07, 6.45) is -4.15. The van der Waals surface area contributed by atoms with Gasteiger partial charge in [0.15, 0.2) is 5.11 Å². The molecule has 0 bridgehead atoms. The first-order chi connectivity index (χ1) is 28.3. The Balaban J connectivity index is 0.00000704. The monoisotopic (exact) mass is 882 g/mol. The van der Waals surface area contributed by atoms with Gasteiger partial charge in [-0.2, -0.15) is 18.4 Å². The number of halogens is 4. The van der Waals surface area contributed by atoms with Crippen LogP contribution in [-0.4, -0.2) is 95.0 Å². The summed E-state index contributed by atoms with van der Waals surface area (Å²) in [5, 5.41) is 17.7. The molecule has 18 heteroatoms. The second-order valence-corrected chi connectivity index (χ2v) is 16.7. The Labute approximate surface area is 365 Å². The quantitative estimate of drug-likeness (QED) is 0.132. The number of hydrogen-bond donors (Lipinski definition) is 3. The fraction of sp³-hybridized carbons (Fsp3) is 0.442. The lowest BCUT2D eigenvalue weighted by atomic mass is 9.98. The molecule has 4 amide bonds. The molecule has 6 rings (SSSR count). The van der Waals surface area contributed by atoms with E-state index in [-0.39, 0.29) is 71.9 Å². The molecule has 3 heterocycles. The van der Waals surface area contributed by atoms with Gasteiger partial charge in [0.2, 0.25) is 17.7 Å². The molecule has 0 aliphatic carbocycles. The van der Waals surface area contributed by atoms with Gasteiger partial charge in [-0.15, -0.1) is 12.4 Å². The number of hydrogen-bond acceptors (Lipinski definition) is 10. The molecule has 326 valence electrons. The first-order valence-electron chi connectivity index (χ1n) is 19.8. The van der Waals surface area contributed by atoms with Crippen LogP contribution in [-0.2, 0) is 25.4 Å². The highest BCUT2D eigenvalue weighted by molar-refractivity contribution is 7.81. The zero-order chi connectivity index (χ0) is 43.7. The number of nitriles is 1. The number of ether oxygens (including phenoxy) is 1. The number of amides is 4. The van der Waals surface area contributed by atoms with Crippen molar-refractivity contribution in [3.05, 3.63) is 77.4 Å². The van der Waals surface area contributed by atoms with Crippen LogP contribution in [0.3, 0.4) is 0 Å². The highest BCUT2D eigenvalue weighted by atomic mass is 35.5. The Morgan fingerprint density at radius 2 is 1.69 bits per heavy atom. The van der Waals surface area contributed by atoms with Crippen LogP contribution >= 0.6 is 24.6 Å². The van der Waals surface area contributed by atoms with E-state index in [0.717, 1.165) is 35.7 Å². The third-order valence-corrected chi connectivity index (χ3v) is 11.5. The van der Waals surface area contributed by atoms with Crippen molar-refractivity contribution >= 4 is 76.1 Å². The molecule has 3 saturated heterocycles. The van der Waals surface area contributed by atoms with Gasteiger partial charge in [-0.25, -0.2) is 0 Å². The van der Waals surface area contributed by atoms with Gasteiger partial charge < -0.3 is 20.3 Å². The number of nitrogens with zero attached hydrogens (tertiary/aromatic N) is 5. The zero-order valence-corrected chi connectivity index (χ0v) is 36.4. The Morgan fingerprint density at radius 1 is 1.02 bits per heavy atom. The van der Waals surface area contributed by atoms with Crippen molar-refractivity contribution in [3.8, 4) is 11.8 Å². The lowest BCUT2D eigenvalue weighted by Gasteiger charge is -2.44. The van der Waals surface area contributed by atoms with Crippen LogP contribution in [0, 0.1) is 11.3 Å². The number of rotatable bonds is 12. The maximum absolute atomic E-state index is 13.8. The molecule has 0 saturated carbocycles. The summed E-state index contributed by atoms with van der Waals surface area (Å²) in [4.78, 5) is 57.8. The molecule has 0 spiro atoms. The summed E-state index contributed by atoms with van der Waals surface area (Å²) in [6, 6.07) is 16.9. The summed E-state index contributed by atoms with van der Waals surface area (Å²) in [7, 11) is 0. The minimum absolute atomic E-state index is 0. The molecule has 3 N–H and O–H groups in total. The molecule has 3 aromatic carbocycles. The van der Waals surface area contributed by atoms with Gasteiger partial charge in [0.25, 0.3) is 5.91 Å². The smallest absolute Gasteiger partial charge is 0.417 e. The van der Waals surface area contributed by atoms with Crippen molar-refractivity contribution < 1.29 is 37.1 Å². The summed E-state index contributed by atoms with van der Waals surface area (Å²) >= 11 is 5.75. The summed E-state index contributed by atoms with van der Waals surface area (Å²) in [5.41, 5.74) is -0.304. The van der Waals surface area contributed by atoms with Crippen LogP contribution in [0.1, 0.15) is 77.0 Å². The van der Waals surface area contributed by atoms with E-state index in [2.05, 4.69) is 39.6 Å². The number of piperazine rings is 1. The molecule has 3 aliphatic heterocycles. The number of benzene rings is 3.